The van der Waals surface area contributed by atoms with Gasteiger partial charge in [0.15, 0.2) is 5.72 Å². The third-order valence-corrected chi connectivity index (χ3v) is 6.03. The van der Waals surface area contributed by atoms with Crippen molar-refractivity contribution in [3.63, 3.8) is 0 Å². The van der Waals surface area contributed by atoms with Crippen molar-refractivity contribution in [2.75, 3.05) is 26.3 Å². The molecule has 132 valence electrons. The summed E-state index contributed by atoms with van der Waals surface area (Å²) in [6, 6.07) is 5.53. The Kier molecular flexibility index (Phi) is 3.32. The molecule has 0 N–H and O–H groups in total. The van der Waals surface area contributed by atoms with E-state index in [1.165, 1.54) is 0 Å². The van der Waals surface area contributed by atoms with Gasteiger partial charge in [-0.1, -0.05) is 0 Å². The maximum Gasteiger partial charge on any atom is 0.254 e. The van der Waals surface area contributed by atoms with Gasteiger partial charge in [0, 0.05) is 25.1 Å². The number of carbonyl (C=O) groups excluding carboxylic acids is 2. The van der Waals surface area contributed by atoms with Crippen molar-refractivity contribution < 1.29 is 19.1 Å². The average Bonchev–Trinajstić information content (AvgIpc) is 3.13. The Balaban J connectivity index is 1.44. The highest BCUT2D eigenvalue weighted by Gasteiger charge is 2.61. The van der Waals surface area contributed by atoms with Gasteiger partial charge in [0.2, 0.25) is 5.91 Å². The molecule has 6 heteroatoms. The summed E-state index contributed by atoms with van der Waals surface area (Å²) in [5.74, 6) is 0.999. The molecule has 25 heavy (non-hydrogen) atoms. The van der Waals surface area contributed by atoms with E-state index in [0.29, 0.717) is 31.6 Å². The first-order valence-corrected chi connectivity index (χ1v) is 9.20. The van der Waals surface area contributed by atoms with Crippen molar-refractivity contribution in [2.24, 2.45) is 0 Å². The average molecular weight is 342 g/mol. The molecular formula is C19H22N2O4. The zero-order chi connectivity index (χ0) is 17.0. The SMILES string of the molecule is O=C(c1ccc2c(c1)CCCO2)N1CC[C@@]23OCCCN2C(=O)C[C@@H]13. The number of benzene rings is 1. The lowest BCUT2D eigenvalue weighted by Crippen LogP contribution is -2.56. The molecule has 5 rings (SSSR count). The second-order valence-corrected chi connectivity index (χ2v) is 7.34. The van der Waals surface area contributed by atoms with E-state index in [1.807, 2.05) is 28.0 Å². The van der Waals surface area contributed by atoms with Gasteiger partial charge in [0.25, 0.3) is 5.91 Å². The van der Waals surface area contributed by atoms with Crippen LogP contribution in [-0.4, -0.2) is 59.7 Å². The van der Waals surface area contributed by atoms with E-state index in [1.54, 1.807) is 0 Å². The van der Waals surface area contributed by atoms with Crippen molar-refractivity contribution in [1.82, 2.24) is 9.80 Å². The van der Waals surface area contributed by atoms with E-state index in [9.17, 15) is 9.59 Å². The Hall–Kier alpha value is -2.08. The third kappa shape index (κ3) is 2.13. The summed E-state index contributed by atoms with van der Waals surface area (Å²) < 4.78 is 11.7. The van der Waals surface area contributed by atoms with Crippen LogP contribution >= 0.6 is 0 Å². The van der Waals surface area contributed by atoms with Gasteiger partial charge in [-0.05, 0) is 43.0 Å². The quantitative estimate of drug-likeness (QED) is 0.777. The molecule has 0 aromatic heterocycles. The number of hydrogen-bond acceptors (Lipinski definition) is 4. The number of aryl methyl sites for hydroxylation is 1. The summed E-state index contributed by atoms with van der Waals surface area (Å²) in [5.41, 5.74) is 1.20. The number of ether oxygens (including phenoxy) is 2. The number of carbonyl (C=O) groups is 2. The molecule has 6 nitrogen and oxygen atoms in total. The molecule has 0 radical (unpaired) electrons. The Morgan fingerprint density at radius 1 is 1.20 bits per heavy atom. The highest BCUT2D eigenvalue weighted by atomic mass is 16.5. The van der Waals surface area contributed by atoms with Gasteiger partial charge in [-0.15, -0.1) is 0 Å². The van der Waals surface area contributed by atoms with Crippen LogP contribution < -0.4 is 4.74 Å². The first-order chi connectivity index (χ1) is 12.2. The number of fused-ring (bicyclic) bond motifs is 1. The van der Waals surface area contributed by atoms with Gasteiger partial charge in [0.1, 0.15) is 5.75 Å². The minimum absolute atomic E-state index is 0.000859. The predicted molar refractivity (Wildman–Crippen MR) is 89.3 cm³/mol. The van der Waals surface area contributed by atoms with Crippen LogP contribution in [0.5, 0.6) is 5.75 Å². The Bertz CT molecular complexity index is 749. The first kappa shape index (κ1) is 15.2. The molecule has 3 saturated heterocycles. The number of rotatable bonds is 1. The molecule has 1 aromatic carbocycles. The number of likely N-dealkylation sites (tertiary alicyclic amines) is 1. The molecule has 0 bridgehead atoms. The lowest BCUT2D eigenvalue weighted by atomic mass is 10.0. The van der Waals surface area contributed by atoms with Crippen LogP contribution in [0.2, 0.25) is 0 Å². The molecule has 0 saturated carbocycles. The van der Waals surface area contributed by atoms with Gasteiger partial charge in [0.05, 0.1) is 25.7 Å². The lowest BCUT2D eigenvalue weighted by Gasteiger charge is -2.42. The molecule has 1 spiro atoms. The van der Waals surface area contributed by atoms with Crippen LogP contribution in [-0.2, 0) is 16.0 Å². The van der Waals surface area contributed by atoms with Crippen LogP contribution in [0.4, 0.5) is 0 Å². The normalized spacial score (nSPS) is 30.6. The van der Waals surface area contributed by atoms with Gasteiger partial charge in [-0.2, -0.15) is 0 Å². The largest absolute Gasteiger partial charge is 0.493 e. The maximum absolute atomic E-state index is 13.2. The Morgan fingerprint density at radius 2 is 2.12 bits per heavy atom. The molecule has 0 aliphatic carbocycles. The van der Waals surface area contributed by atoms with E-state index in [-0.39, 0.29) is 17.9 Å². The smallest absolute Gasteiger partial charge is 0.254 e. The minimum atomic E-state index is -0.581. The van der Waals surface area contributed by atoms with E-state index in [2.05, 4.69) is 0 Å². The second-order valence-electron chi connectivity index (χ2n) is 7.34. The second kappa shape index (κ2) is 5.46. The Labute approximate surface area is 146 Å². The van der Waals surface area contributed by atoms with Gasteiger partial charge in [-0.25, -0.2) is 0 Å². The summed E-state index contributed by atoms with van der Waals surface area (Å²) in [4.78, 5) is 29.3. The van der Waals surface area contributed by atoms with Gasteiger partial charge in [-0.3, -0.25) is 9.59 Å². The predicted octanol–water partition coefficient (Wildman–Crippen LogP) is 1.57. The molecule has 4 heterocycles. The molecule has 3 fully saturated rings. The fourth-order valence-electron chi connectivity index (χ4n) is 4.85. The van der Waals surface area contributed by atoms with Crippen LogP contribution in [0.25, 0.3) is 0 Å². The molecule has 2 atom stereocenters. The minimum Gasteiger partial charge on any atom is -0.493 e. The van der Waals surface area contributed by atoms with Gasteiger partial charge >= 0.3 is 0 Å². The molecule has 1 aromatic rings. The molecule has 0 unspecified atom stereocenters. The van der Waals surface area contributed by atoms with E-state index >= 15 is 0 Å². The van der Waals surface area contributed by atoms with Crippen molar-refractivity contribution in [3.8, 4) is 5.75 Å². The zero-order valence-corrected chi connectivity index (χ0v) is 14.2. The number of nitrogens with zero attached hydrogens (tertiary/aromatic N) is 2. The first-order valence-electron chi connectivity index (χ1n) is 9.20. The van der Waals surface area contributed by atoms with E-state index < -0.39 is 5.72 Å². The van der Waals surface area contributed by atoms with Crippen LogP contribution in [0, 0.1) is 0 Å². The van der Waals surface area contributed by atoms with Crippen molar-refractivity contribution >= 4 is 11.8 Å². The molecule has 2 amide bonds. The van der Waals surface area contributed by atoms with Crippen LogP contribution in [0.1, 0.15) is 41.6 Å². The monoisotopic (exact) mass is 342 g/mol. The summed E-state index contributed by atoms with van der Waals surface area (Å²) in [6.45, 7) is 2.79. The number of hydrogen-bond donors (Lipinski definition) is 0. The lowest BCUT2D eigenvalue weighted by molar-refractivity contribution is -0.179. The molecule has 4 aliphatic heterocycles. The number of amides is 2. The fraction of sp³-hybridized carbons (Fsp3) is 0.579. The van der Waals surface area contributed by atoms with Gasteiger partial charge < -0.3 is 19.3 Å². The Morgan fingerprint density at radius 3 is 3.04 bits per heavy atom. The highest BCUT2D eigenvalue weighted by molar-refractivity contribution is 5.96. The van der Waals surface area contributed by atoms with Crippen molar-refractivity contribution in [3.05, 3.63) is 29.3 Å². The zero-order valence-electron chi connectivity index (χ0n) is 14.2. The highest BCUT2D eigenvalue weighted by Crippen LogP contribution is 2.45. The summed E-state index contributed by atoms with van der Waals surface area (Å²) in [5, 5.41) is 0. The summed E-state index contributed by atoms with van der Waals surface area (Å²) >= 11 is 0. The van der Waals surface area contributed by atoms with Crippen LogP contribution in [0.15, 0.2) is 18.2 Å². The molecular weight excluding hydrogens is 320 g/mol. The van der Waals surface area contributed by atoms with Crippen molar-refractivity contribution in [1.29, 1.82) is 0 Å². The standard InChI is InChI=1S/C19H22N2O4/c22-17-12-16-19(21(17)7-2-10-25-19)6-8-20(16)18(23)14-4-5-15-13(11-14)3-1-9-24-15/h4-5,11,16H,1-3,6-10,12H2/t16-,19+/m1/s1. The maximum atomic E-state index is 13.2. The van der Waals surface area contributed by atoms with E-state index in [4.69, 9.17) is 9.47 Å². The summed E-state index contributed by atoms with van der Waals surface area (Å²) in [6.07, 6.45) is 3.89. The van der Waals surface area contributed by atoms with Crippen molar-refractivity contribution in [2.45, 2.75) is 43.9 Å². The van der Waals surface area contributed by atoms with Crippen LogP contribution in [0.3, 0.4) is 0 Å². The molecule has 4 aliphatic rings. The fourth-order valence-corrected chi connectivity index (χ4v) is 4.85. The third-order valence-electron chi connectivity index (χ3n) is 6.03. The van der Waals surface area contributed by atoms with E-state index in [0.717, 1.165) is 43.7 Å². The summed E-state index contributed by atoms with van der Waals surface area (Å²) in [7, 11) is 0. The topological polar surface area (TPSA) is 59.1 Å².